The van der Waals surface area contributed by atoms with Crippen molar-refractivity contribution < 1.29 is 18.3 Å². The topological polar surface area (TPSA) is 78.3 Å². The van der Waals surface area contributed by atoms with Crippen molar-refractivity contribution in [3.05, 3.63) is 59.2 Å². The van der Waals surface area contributed by atoms with Gasteiger partial charge < -0.3 is 16.2 Å². The van der Waals surface area contributed by atoms with Crippen LogP contribution in [0.4, 0.5) is 14.5 Å². The maximum atomic E-state index is 12.0. The molecule has 0 unspecified atom stereocenters. The third kappa shape index (κ3) is 3.92. The van der Waals surface area contributed by atoms with Gasteiger partial charge in [0.25, 0.3) is 5.91 Å². The second kappa shape index (κ2) is 6.21. The van der Waals surface area contributed by atoms with Gasteiger partial charge in [-0.15, -0.1) is 0 Å². The number of hydrogen-bond donors (Lipinski definition) is 2. The fourth-order valence-corrected chi connectivity index (χ4v) is 1.97. The number of hydrogen-bond acceptors (Lipinski definition) is 3. The van der Waals surface area contributed by atoms with Crippen LogP contribution >= 0.6 is 0 Å². The van der Waals surface area contributed by atoms with Crippen LogP contribution in [0.25, 0.3) is 0 Å². The summed E-state index contributed by atoms with van der Waals surface area (Å²) in [5.41, 5.74) is 13.3. The number of alkyl halides is 2. The van der Waals surface area contributed by atoms with Crippen molar-refractivity contribution in [3.8, 4) is 5.75 Å². The highest BCUT2D eigenvalue weighted by molar-refractivity contribution is 5.98. The van der Waals surface area contributed by atoms with E-state index in [1.54, 1.807) is 30.3 Å². The van der Waals surface area contributed by atoms with Crippen molar-refractivity contribution in [2.24, 2.45) is 5.73 Å². The largest absolute Gasteiger partial charge is 0.435 e. The van der Waals surface area contributed by atoms with E-state index in [0.29, 0.717) is 12.1 Å². The Labute approximate surface area is 120 Å². The van der Waals surface area contributed by atoms with Crippen LogP contribution in [0.3, 0.4) is 0 Å². The molecule has 1 amide bonds. The summed E-state index contributed by atoms with van der Waals surface area (Å²) in [7, 11) is 0. The Morgan fingerprint density at radius 2 is 1.71 bits per heavy atom. The Morgan fingerprint density at radius 3 is 2.24 bits per heavy atom. The molecule has 0 spiro atoms. The Kier molecular flexibility index (Phi) is 4.37. The first-order chi connectivity index (χ1) is 9.95. The van der Waals surface area contributed by atoms with Crippen LogP contribution in [-0.4, -0.2) is 12.5 Å². The summed E-state index contributed by atoms with van der Waals surface area (Å²) in [6.45, 7) is -2.84. The standard InChI is InChI=1S/C15H14F2N2O2/c16-15(17)21-11-4-1-9(2-5-11)7-10-3-6-12(14(19)20)13(18)8-10/h1-6,8,15H,7,18H2,(H2,19,20). The molecule has 0 saturated heterocycles. The van der Waals surface area contributed by atoms with Gasteiger partial charge in [-0.1, -0.05) is 18.2 Å². The molecule has 0 atom stereocenters. The third-order valence-corrected chi connectivity index (χ3v) is 2.94. The van der Waals surface area contributed by atoms with Gasteiger partial charge in [-0.3, -0.25) is 4.79 Å². The van der Waals surface area contributed by atoms with E-state index in [4.69, 9.17) is 11.5 Å². The number of benzene rings is 2. The highest BCUT2D eigenvalue weighted by Crippen LogP contribution is 2.19. The molecule has 6 heteroatoms. The molecule has 2 rings (SSSR count). The minimum Gasteiger partial charge on any atom is -0.435 e. The van der Waals surface area contributed by atoms with Gasteiger partial charge in [0.1, 0.15) is 5.75 Å². The van der Waals surface area contributed by atoms with Gasteiger partial charge in [0.05, 0.1) is 5.56 Å². The van der Waals surface area contributed by atoms with E-state index in [-0.39, 0.29) is 11.3 Å². The van der Waals surface area contributed by atoms with Crippen LogP contribution < -0.4 is 16.2 Å². The second-order valence-corrected chi connectivity index (χ2v) is 4.49. The highest BCUT2D eigenvalue weighted by atomic mass is 19.3. The van der Waals surface area contributed by atoms with E-state index < -0.39 is 12.5 Å². The maximum absolute atomic E-state index is 12.0. The van der Waals surface area contributed by atoms with E-state index >= 15 is 0 Å². The first-order valence-electron chi connectivity index (χ1n) is 6.17. The fourth-order valence-electron chi connectivity index (χ4n) is 1.97. The zero-order chi connectivity index (χ0) is 15.4. The van der Waals surface area contributed by atoms with E-state index in [1.165, 1.54) is 12.1 Å². The first-order valence-corrected chi connectivity index (χ1v) is 6.17. The minimum absolute atomic E-state index is 0.109. The lowest BCUT2D eigenvalue weighted by atomic mass is 10.0. The van der Waals surface area contributed by atoms with Crippen molar-refractivity contribution in [2.75, 3.05) is 5.73 Å². The Hall–Kier alpha value is -2.63. The number of nitrogen functional groups attached to an aromatic ring is 1. The molecular formula is C15H14F2N2O2. The number of nitrogens with two attached hydrogens (primary N) is 2. The molecular weight excluding hydrogens is 278 g/mol. The molecule has 0 radical (unpaired) electrons. The summed E-state index contributed by atoms with van der Waals surface area (Å²) in [5.74, 6) is -0.468. The molecule has 4 nitrogen and oxygen atoms in total. The summed E-state index contributed by atoms with van der Waals surface area (Å²) in [6, 6.07) is 11.3. The van der Waals surface area contributed by atoms with Gasteiger partial charge in [-0.25, -0.2) is 0 Å². The lowest BCUT2D eigenvalue weighted by Gasteiger charge is -2.08. The quantitative estimate of drug-likeness (QED) is 0.831. The van der Waals surface area contributed by atoms with Gasteiger partial charge in [0, 0.05) is 5.69 Å². The molecule has 0 saturated carbocycles. The van der Waals surface area contributed by atoms with E-state index in [9.17, 15) is 13.6 Å². The van der Waals surface area contributed by atoms with Crippen LogP contribution in [0, 0.1) is 0 Å². The number of carbonyl (C=O) groups is 1. The van der Waals surface area contributed by atoms with Crippen LogP contribution in [0.1, 0.15) is 21.5 Å². The molecule has 2 aromatic carbocycles. The summed E-state index contributed by atoms with van der Waals surface area (Å²) < 4.78 is 28.4. The second-order valence-electron chi connectivity index (χ2n) is 4.49. The zero-order valence-electron chi connectivity index (χ0n) is 11.1. The van der Waals surface area contributed by atoms with Gasteiger partial charge in [-0.05, 0) is 41.8 Å². The average Bonchev–Trinajstić information content (AvgIpc) is 2.40. The third-order valence-electron chi connectivity index (χ3n) is 2.94. The lowest BCUT2D eigenvalue weighted by Crippen LogP contribution is -2.13. The number of rotatable bonds is 5. The van der Waals surface area contributed by atoms with Crippen molar-refractivity contribution in [3.63, 3.8) is 0 Å². The molecule has 2 aromatic rings. The van der Waals surface area contributed by atoms with Gasteiger partial charge in [0.2, 0.25) is 0 Å². The summed E-state index contributed by atoms with van der Waals surface area (Å²) in [5, 5.41) is 0. The highest BCUT2D eigenvalue weighted by Gasteiger charge is 2.07. The molecule has 0 heterocycles. The molecule has 0 aliphatic carbocycles. The number of ether oxygens (including phenoxy) is 1. The van der Waals surface area contributed by atoms with E-state index in [2.05, 4.69) is 4.74 Å². The van der Waals surface area contributed by atoms with Gasteiger partial charge in [-0.2, -0.15) is 8.78 Å². The van der Waals surface area contributed by atoms with Crippen molar-refractivity contribution in [1.29, 1.82) is 0 Å². The number of carbonyl (C=O) groups excluding carboxylic acids is 1. The fraction of sp³-hybridized carbons (Fsp3) is 0.133. The SMILES string of the molecule is NC(=O)c1ccc(Cc2ccc(OC(F)F)cc2)cc1N. The predicted molar refractivity (Wildman–Crippen MR) is 75.3 cm³/mol. The number of amides is 1. The maximum Gasteiger partial charge on any atom is 0.387 e. The minimum atomic E-state index is -2.84. The van der Waals surface area contributed by atoms with Crippen LogP contribution in [0.15, 0.2) is 42.5 Å². The monoisotopic (exact) mass is 292 g/mol. The number of primary amides is 1. The van der Waals surface area contributed by atoms with Gasteiger partial charge in [0.15, 0.2) is 0 Å². The molecule has 0 fully saturated rings. The molecule has 0 aliphatic heterocycles. The van der Waals surface area contributed by atoms with Crippen LogP contribution in [0.5, 0.6) is 5.75 Å². The first kappa shape index (κ1) is 14.8. The zero-order valence-corrected chi connectivity index (χ0v) is 11.1. The molecule has 0 aliphatic rings. The van der Waals surface area contributed by atoms with E-state index in [0.717, 1.165) is 11.1 Å². The normalized spacial score (nSPS) is 10.6. The van der Waals surface area contributed by atoms with Gasteiger partial charge >= 0.3 is 6.61 Å². The Bertz CT molecular complexity index is 643. The Balaban J connectivity index is 2.11. The molecule has 110 valence electrons. The molecule has 4 N–H and O–H groups in total. The number of anilines is 1. The molecule has 0 bridgehead atoms. The van der Waals surface area contributed by atoms with Crippen LogP contribution in [0.2, 0.25) is 0 Å². The summed E-state index contributed by atoms with van der Waals surface area (Å²) in [6.07, 6.45) is 0.554. The molecule has 21 heavy (non-hydrogen) atoms. The average molecular weight is 292 g/mol. The predicted octanol–water partition coefficient (Wildman–Crippen LogP) is 2.56. The van der Waals surface area contributed by atoms with Crippen LogP contribution in [-0.2, 0) is 6.42 Å². The Morgan fingerprint density at radius 1 is 1.10 bits per heavy atom. The van der Waals surface area contributed by atoms with Crippen molar-refractivity contribution >= 4 is 11.6 Å². The summed E-state index contributed by atoms with van der Waals surface area (Å²) in [4.78, 5) is 11.1. The lowest BCUT2D eigenvalue weighted by molar-refractivity contribution is -0.0498. The van der Waals surface area contributed by atoms with Crippen molar-refractivity contribution in [1.82, 2.24) is 0 Å². The number of halogens is 2. The molecule has 0 aromatic heterocycles. The smallest absolute Gasteiger partial charge is 0.387 e. The summed E-state index contributed by atoms with van der Waals surface area (Å²) >= 11 is 0. The van der Waals surface area contributed by atoms with Crippen molar-refractivity contribution in [2.45, 2.75) is 13.0 Å². The van der Waals surface area contributed by atoms with E-state index in [1.807, 2.05) is 0 Å².